The van der Waals surface area contributed by atoms with E-state index >= 15 is 0 Å². The summed E-state index contributed by atoms with van der Waals surface area (Å²) in [5.41, 5.74) is 0.559. The number of nitrogens with one attached hydrogen (secondary N) is 2. The zero-order chi connectivity index (χ0) is 22.9. The van der Waals surface area contributed by atoms with Crippen LogP contribution in [0.1, 0.15) is 76.6 Å². The Balaban J connectivity index is 1.16. The Kier molecular flexibility index (Phi) is 6.40. The van der Waals surface area contributed by atoms with Crippen LogP contribution in [-0.4, -0.2) is 74.3 Å². The first-order chi connectivity index (χ1) is 16.0. The Labute approximate surface area is 194 Å². The van der Waals surface area contributed by atoms with E-state index in [1.54, 1.807) is 6.20 Å². The van der Waals surface area contributed by atoms with Crippen LogP contribution in [0.25, 0.3) is 11.0 Å². The molecule has 9 nitrogen and oxygen atoms in total. The third-order valence-electron chi connectivity index (χ3n) is 7.88. The van der Waals surface area contributed by atoms with Crippen molar-refractivity contribution in [3.8, 4) is 0 Å². The number of rotatable bonds is 5. The number of urea groups is 1. The van der Waals surface area contributed by atoms with E-state index in [2.05, 4.69) is 34.1 Å². The molecule has 0 bridgehead atoms. The van der Waals surface area contributed by atoms with Gasteiger partial charge in [0.05, 0.1) is 18.2 Å². The maximum absolute atomic E-state index is 12.7. The molecule has 2 aliphatic heterocycles. The fourth-order valence-electron chi connectivity index (χ4n) is 5.57. The Morgan fingerprint density at radius 3 is 2.58 bits per heavy atom. The number of aromatic nitrogens is 4. The molecule has 2 saturated heterocycles. The second-order valence-corrected chi connectivity index (χ2v) is 10.4. The Hall–Kier alpha value is -2.42. The molecule has 2 amide bonds. The monoisotopic (exact) mass is 455 g/mol. The van der Waals surface area contributed by atoms with Gasteiger partial charge in [0, 0.05) is 25.7 Å². The Morgan fingerprint density at radius 2 is 1.88 bits per heavy atom. The first-order valence-electron chi connectivity index (χ1n) is 12.7. The fraction of sp³-hybridized carbons (Fsp3) is 0.750. The van der Waals surface area contributed by atoms with Crippen molar-refractivity contribution in [3.63, 3.8) is 0 Å². The predicted molar refractivity (Wildman–Crippen MR) is 127 cm³/mol. The van der Waals surface area contributed by atoms with Crippen LogP contribution in [0.5, 0.6) is 0 Å². The van der Waals surface area contributed by atoms with Crippen molar-refractivity contribution in [1.29, 1.82) is 0 Å². The number of carbonyl (C=O) groups excluding carboxylic acids is 1. The quantitative estimate of drug-likeness (QED) is 0.722. The van der Waals surface area contributed by atoms with Crippen LogP contribution in [0.3, 0.4) is 0 Å². The van der Waals surface area contributed by atoms with Crippen LogP contribution in [0.2, 0.25) is 0 Å². The highest BCUT2D eigenvalue weighted by Gasteiger charge is 2.34. The highest BCUT2D eigenvalue weighted by Crippen LogP contribution is 2.30. The standard InChI is InChI=1S/C24H37N7O2/c1-16(2)29-10-8-17(9-11-29)12-25-24(33)30-14-18(15-30)21-27-22-20(23(32)28-21)13-26-31(22)19-6-4-3-5-7-19/h13,16-19H,3-12,14-15H2,1-2H3,(H,25,33)(H,27,28,32). The summed E-state index contributed by atoms with van der Waals surface area (Å²) in [6.07, 6.45) is 9.78. The zero-order valence-electron chi connectivity index (χ0n) is 19.9. The molecule has 0 spiro atoms. The summed E-state index contributed by atoms with van der Waals surface area (Å²) >= 11 is 0. The van der Waals surface area contributed by atoms with Gasteiger partial charge >= 0.3 is 6.03 Å². The van der Waals surface area contributed by atoms with E-state index < -0.39 is 0 Å². The van der Waals surface area contributed by atoms with E-state index in [1.165, 1.54) is 19.3 Å². The predicted octanol–water partition coefficient (Wildman–Crippen LogP) is 2.85. The lowest BCUT2D eigenvalue weighted by Crippen LogP contribution is -2.54. The molecular weight excluding hydrogens is 418 g/mol. The lowest BCUT2D eigenvalue weighted by Gasteiger charge is -2.39. The molecule has 2 N–H and O–H groups in total. The number of fused-ring (bicyclic) bond motifs is 1. The van der Waals surface area contributed by atoms with Crippen LogP contribution < -0.4 is 10.9 Å². The molecule has 1 aliphatic carbocycles. The highest BCUT2D eigenvalue weighted by molar-refractivity contribution is 5.76. The van der Waals surface area contributed by atoms with Gasteiger partial charge in [0.25, 0.3) is 5.56 Å². The largest absolute Gasteiger partial charge is 0.338 e. The molecule has 9 heteroatoms. The minimum absolute atomic E-state index is 0.00629. The Bertz CT molecular complexity index is 1030. The number of aromatic amines is 1. The number of hydrogen-bond acceptors (Lipinski definition) is 5. The summed E-state index contributed by atoms with van der Waals surface area (Å²) in [6.45, 7) is 8.63. The molecular formula is C24H37N7O2. The van der Waals surface area contributed by atoms with E-state index in [0.29, 0.717) is 47.9 Å². The number of likely N-dealkylation sites (tertiary alicyclic amines) is 2. The summed E-state index contributed by atoms with van der Waals surface area (Å²) < 4.78 is 1.96. The van der Waals surface area contributed by atoms with Gasteiger partial charge in [-0.1, -0.05) is 19.3 Å². The normalized spacial score (nSPS) is 21.6. The summed E-state index contributed by atoms with van der Waals surface area (Å²) in [6, 6.07) is 0.918. The van der Waals surface area contributed by atoms with E-state index in [-0.39, 0.29) is 17.5 Å². The van der Waals surface area contributed by atoms with E-state index in [1.807, 2.05) is 9.58 Å². The molecule has 0 aromatic carbocycles. The van der Waals surface area contributed by atoms with Crippen LogP contribution in [0.4, 0.5) is 4.79 Å². The van der Waals surface area contributed by atoms with Gasteiger partial charge in [-0.3, -0.25) is 4.79 Å². The fourth-order valence-corrected chi connectivity index (χ4v) is 5.57. The first kappa shape index (κ1) is 22.4. The molecule has 0 radical (unpaired) electrons. The van der Waals surface area contributed by atoms with Crippen molar-refractivity contribution in [2.45, 2.75) is 76.8 Å². The number of piperidine rings is 1. The molecule has 3 fully saturated rings. The van der Waals surface area contributed by atoms with Crippen LogP contribution in [0.15, 0.2) is 11.0 Å². The average Bonchev–Trinajstić information content (AvgIpc) is 3.22. The number of amides is 2. The van der Waals surface area contributed by atoms with Gasteiger partial charge in [-0.05, 0) is 58.5 Å². The van der Waals surface area contributed by atoms with Crippen molar-refractivity contribution in [1.82, 2.24) is 34.9 Å². The van der Waals surface area contributed by atoms with Gasteiger partial charge in [-0.2, -0.15) is 5.10 Å². The van der Waals surface area contributed by atoms with Crippen molar-refractivity contribution >= 4 is 17.1 Å². The molecule has 180 valence electrons. The maximum Gasteiger partial charge on any atom is 0.317 e. The average molecular weight is 456 g/mol. The van der Waals surface area contributed by atoms with Gasteiger partial charge in [0.15, 0.2) is 5.65 Å². The van der Waals surface area contributed by atoms with Crippen molar-refractivity contribution in [2.24, 2.45) is 5.92 Å². The maximum atomic E-state index is 12.7. The molecule has 2 aromatic heterocycles. The van der Waals surface area contributed by atoms with Crippen LogP contribution >= 0.6 is 0 Å². The first-order valence-corrected chi connectivity index (χ1v) is 12.7. The van der Waals surface area contributed by atoms with Gasteiger partial charge < -0.3 is 20.1 Å². The summed E-state index contributed by atoms with van der Waals surface area (Å²) in [7, 11) is 0. The molecule has 2 aromatic rings. The number of hydrogen-bond donors (Lipinski definition) is 2. The third kappa shape index (κ3) is 4.65. The number of nitrogens with zero attached hydrogens (tertiary/aromatic N) is 5. The minimum atomic E-state index is -0.132. The summed E-state index contributed by atoms with van der Waals surface area (Å²) in [4.78, 5) is 37.3. The molecule has 1 saturated carbocycles. The van der Waals surface area contributed by atoms with Gasteiger partial charge in [0.2, 0.25) is 0 Å². The van der Waals surface area contributed by atoms with E-state index in [4.69, 9.17) is 4.98 Å². The van der Waals surface area contributed by atoms with Crippen LogP contribution in [-0.2, 0) is 0 Å². The van der Waals surface area contributed by atoms with Gasteiger partial charge in [-0.15, -0.1) is 0 Å². The lowest BCUT2D eigenvalue weighted by atomic mass is 9.95. The second kappa shape index (κ2) is 9.44. The van der Waals surface area contributed by atoms with Gasteiger partial charge in [-0.25, -0.2) is 14.5 Å². The smallest absolute Gasteiger partial charge is 0.317 e. The molecule has 0 unspecified atom stereocenters. The second-order valence-electron chi connectivity index (χ2n) is 10.4. The van der Waals surface area contributed by atoms with E-state index in [9.17, 15) is 9.59 Å². The van der Waals surface area contributed by atoms with Gasteiger partial charge in [0.1, 0.15) is 11.2 Å². The van der Waals surface area contributed by atoms with E-state index in [0.717, 1.165) is 45.3 Å². The molecule has 33 heavy (non-hydrogen) atoms. The molecule has 3 aliphatic rings. The SMILES string of the molecule is CC(C)N1CCC(CNC(=O)N2CC(c3nc4c(cnn4C4CCCCC4)c(=O)[nH]3)C2)CC1. The molecule has 5 rings (SSSR count). The number of carbonyl (C=O) groups is 1. The summed E-state index contributed by atoms with van der Waals surface area (Å²) in [5, 5.41) is 8.19. The topological polar surface area (TPSA) is 99.2 Å². The van der Waals surface area contributed by atoms with Crippen molar-refractivity contribution in [2.75, 3.05) is 32.7 Å². The van der Waals surface area contributed by atoms with Crippen LogP contribution in [0, 0.1) is 5.92 Å². The minimum Gasteiger partial charge on any atom is -0.338 e. The number of H-pyrrole nitrogens is 1. The van der Waals surface area contributed by atoms with Crippen molar-refractivity contribution < 1.29 is 4.79 Å². The molecule has 0 atom stereocenters. The molecule has 4 heterocycles. The lowest BCUT2D eigenvalue weighted by molar-refractivity contribution is 0.134. The zero-order valence-corrected chi connectivity index (χ0v) is 19.9. The third-order valence-corrected chi connectivity index (χ3v) is 7.88. The summed E-state index contributed by atoms with van der Waals surface area (Å²) in [5.74, 6) is 1.30. The highest BCUT2D eigenvalue weighted by atomic mass is 16.2. The van der Waals surface area contributed by atoms with Crippen molar-refractivity contribution in [3.05, 3.63) is 22.4 Å². The Morgan fingerprint density at radius 1 is 1.15 bits per heavy atom.